The van der Waals surface area contributed by atoms with Crippen LogP contribution in [0.4, 0.5) is 16.8 Å². The molecule has 0 bridgehead atoms. The molecule has 1 fully saturated rings. The molecule has 1 saturated heterocycles. The number of H-pyrrole nitrogens is 1. The molecule has 1 amide bonds. The third-order valence-electron chi connectivity index (χ3n) is 4.59. The number of likely N-dealkylation sites (tertiary alicyclic amines) is 1. The van der Waals surface area contributed by atoms with Crippen LogP contribution < -0.4 is 10.6 Å². The molecule has 0 aromatic carbocycles. The number of carbonyl (C=O) groups is 1. The third kappa shape index (κ3) is 3.81. The molecule has 0 spiro atoms. The highest BCUT2D eigenvalue weighted by Gasteiger charge is 2.24. The Morgan fingerprint density at radius 3 is 3.11 bits per heavy atom. The number of piperidine rings is 1. The molecular weight excluding hydrogens is 398 g/mol. The lowest BCUT2D eigenvalue weighted by Gasteiger charge is -2.33. The van der Waals surface area contributed by atoms with Gasteiger partial charge in [0.2, 0.25) is 11.9 Å². The van der Waals surface area contributed by atoms with Crippen molar-refractivity contribution in [1.82, 2.24) is 24.2 Å². The van der Waals surface area contributed by atoms with E-state index in [2.05, 4.69) is 36.5 Å². The minimum absolute atomic E-state index is 0.0538. The number of aromatic nitrogens is 4. The van der Waals surface area contributed by atoms with Crippen molar-refractivity contribution in [3.63, 3.8) is 0 Å². The summed E-state index contributed by atoms with van der Waals surface area (Å²) in [5.41, 5.74) is 1.57. The van der Waals surface area contributed by atoms with Crippen LogP contribution in [0.2, 0.25) is 5.02 Å². The number of amides is 1. The molecule has 1 atom stereocenters. The van der Waals surface area contributed by atoms with Crippen LogP contribution in [0.1, 0.15) is 18.5 Å². The van der Waals surface area contributed by atoms with Crippen LogP contribution in [-0.2, 0) is 4.79 Å². The normalized spacial score (nSPS) is 16.9. The summed E-state index contributed by atoms with van der Waals surface area (Å²) in [5.74, 6) is 1.03. The predicted molar refractivity (Wildman–Crippen MR) is 112 cm³/mol. The molecule has 0 aliphatic carbocycles. The Kier molecular flexibility index (Phi) is 5.19. The average molecular weight is 418 g/mol. The van der Waals surface area contributed by atoms with Crippen molar-refractivity contribution in [2.75, 3.05) is 23.7 Å². The van der Waals surface area contributed by atoms with Crippen LogP contribution in [-0.4, -0.2) is 49.3 Å². The van der Waals surface area contributed by atoms with Crippen molar-refractivity contribution >= 4 is 56.8 Å². The Hall–Kier alpha value is -2.65. The Morgan fingerprint density at radius 2 is 2.36 bits per heavy atom. The Balaban J connectivity index is 1.62. The van der Waals surface area contributed by atoms with Gasteiger partial charge in [0.15, 0.2) is 0 Å². The maximum atomic E-state index is 12.0. The zero-order valence-electron chi connectivity index (χ0n) is 15.3. The topological polar surface area (TPSA) is 98.8 Å². The molecule has 4 heterocycles. The van der Waals surface area contributed by atoms with Crippen LogP contribution in [0.3, 0.4) is 0 Å². The van der Waals surface area contributed by atoms with E-state index in [1.54, 1.807) is 11.1 Å². The van der Waals surface area contributed by atoms with E-state index in [4.69, 9.17) is 11.6 Å². The first kappa shape index (κ1) is 18.7. The molecule has 3 aromatic rings. The van der Waals surface area contributed by atoms with Crippen molar-refractivity contribution in [1.29, 1.82) is 0 Å². The van der Waals surface area contributed by atoms with E-state index in [0.29, 0.717) is 29.0 Å². The molecule has 8 nitrogen and oxygen atoms in total. The zero-order valence-corrected chi connectivity index (χ0v) is 16.9. The number of fused-ring (bicyclic) bond motifs is 1. The quantitative estimate of drug-likeness (QED) is 0.547. The highest BCUT2D eigenvalue weighted by atomic mass is 35.5. The van der Waals surface area contributed by atoms with Crippen molar-refractivity contribution in [3.8, 4) is 0 Å². The van der Waals surface area contributed by atoms with Gasteiger partial charge in [-0.1, -0.05) is 18.2 Å². The highest BCUT2D eigenvalue weighted by Crippen LogP contribution is 2.31. The molecule has 3 N–H and O–H groups in total. The van der Waals surface area contributed by atoms with Gasteiger partial charge < -0.3 is 20.5 Å². The molecule has 146 valence electrons. The number of aryl methyl sites for hydroxylation is 1. The average Bonchev–Trinajstić information content (AvgIpc) is 3.27. The Bertz CT molecular complexity index is 1030. The van der Waals surface area contributed by atoms with Gasteiger partial charge in [-0.25, -0.2) is 0 Å². The van der Waals surface area contributed by atoms with E-state index >= 15 is 0 Å². The number of hydrogen-bond acceptors (Lipinski definition) is 7. The van der Waals surface area contributed by atoms with Gasteiger partial charge in [0, 0.05) is 25.3 Å². The monoisotopic (exact) mass is 417 g/mol. The van der Waals surface area contributed by atoms with E-state index in [0.717, 1.165) is 35.5 Å². The van der Waals surface area contributed by atoms with Crippen molar-refractivity contribution in [2.24, 2.45) is 0 Å². The molecule has 0 saturated carbocycles. The van der Waals surface area contributed by atoms with Crippen molar-refractivity contribution < 1.29 is 4.79 Å². The third-order valence-corrected chi connectivity index (χ3v) is 5.69. The second-order valence-electron chi connectivity index (χ2n) is 6.69. The number of carbonyl (C=O) groups excluding carboxylic acids is 1. The minimum Gasteiger partial charge on any atom is -0.365 e. The molecule has 28 heavy (non-hydrogen) atoms. The molecule has 10 heteroatoms. The summed E-state index contributed by atoms with van der Waals surface area (Å²) in [6, 6.07) is 2.01. The molecule has 1 unspecified atom stereocenters. The summed E-state index contributed by atoms with van der Waals surface area (Å²) in [6.07, 6.45) is 4.90. The van der Waals surface area contributed by atoms with Crippen LogP contribution >= 0.6 is 23.1 Å². The second-order valence-corrected chi connectivity index (χ2v) is 7.90. The first-order valence-corrected chi connectivity index (χ1v) is 10.1. The molecule has 1 aliphatic heterocycles. The molecule has 3 aromatic heterocycles. The van der Waals surface area contributed by atoms with E-state index in [9.17, 15) is 4.79 Å². The van der Waals surface area contributed by atoms with Crippen LogP contribution in [0.5, 0.6) is 0 Å². The lowest BCUT2D eigenvalue weighted by molar-refractivity contribution is -0.127. The smallest absolute Gasteiger partial charge is 0.246 e. The molecular formula is C18H20ClN7OS. The second kappa shape index (κ2) is 7.76. The Labute approximate surface area is 171 Å². The van der Waals surface area contributed by atoms with Crippen molar-refractivity contribution in [3.05, 3.63) is 35.6 Å². The summed E-state index contributed by atoms with van der Waals surface area (Å²) >= 11 is 7.71. The summed E-state index contributed by atoms with van der Waals surface area (Å²) in [6.45, 7) is 6.84. The highest BCUT2D eigenvalue weighted by molar-refractivity contribution is 7.10. The summed E-state index contributed by atoms with van der Waals surface area (Å²) in [7, 11) is 0. The van der Waals surface area contributed by atoms with E-state index in [-0.39, 0.29) is 11.9 Å². The SMILES string of the molecule is C=CC(=O)N1CCCC(Nc2nc(Nc3cc(C)ns3)nc3[nH]cc(Cl)c23)C1. The van der Waals surface area contributed by atoms with Gasteiger partial charge in [-0.2, -0.15) is 14.3 Å². The van der Waals surface area contributed by atoms with Gasteiger partial charge in [0.05, 0.1) is 16.1 Å². The number of nitrogens with zero attached hydrogens (tertiary/aromatic N) is 4. The fourth-order valence-electron chi connectivity index (χ4n) is 3.31. The maximum absolute atomic E-state index is 12.0. The first-order chi connectivity index (χ1) is 13.5. The number of hydrogen-bond donors (Lipinski definition) is 3. The van der Waals surface area contributed by atoms with Gasteiger partial charge in [0.1, 0.15) is 16.5 Å². The lowest BCUT2D eigenvalue weighted by Crippen LogP contribution is -2.44. The van der Waals surface area contributed by atoms with Crippen LogP contribution in [0.25, 0.3) is 11.0 Å². The fraction of sp³-hybridized carbons (Fsp3) is 0.333. The van der Waals surface area contributed by atoms with Gasteiger partial charge in [-0.05, 0) is 43.4 Å². The van der Waals surface area contributed by atoms with Gasteiger partial charge in [-0.15, -0.1) is 0 Å². The van der Waals surface area contributed by atoms with Gasteiger partial charge >= 0.3 is 0 Å². The summed E-state index contributed by atoms with van der Waals surface area (Å²) in [5, 5.41) is 8.79. The van der Waals surface area contributed by atoms with Gasteiger partial charge in [0.25, 0.3) is 0 Å². The number of aromatic amines is 1. The lowest BCUT2D eigenvalue weighted by atomic mass is 10.1. The summed E-state index contributed by atoms with van der Waals surface area (Å²) in [4.78, 5) is 26.0. The number of halogens is 1. The summed E-state index contributed by atoms with van der Waals surface area (Å²) < 4.78 is 4.26. The number of nitrogens with one attached hydrogen (secondary N) is 3. The molecule has 0 radical (unpaired) electrons. The largest absolute Gasteiger partial charge is 0.365 e. The maximum Gasteiger partial charge on any atom is 0.246 e. The number of rotatable bonds is 5. The predicted octanol–water partition coefficient (Wildman–Crippen LogP) is 3.71. The van der Waals surface area contributed by atoms with E-state index in [1.165, 1.54) is 17.6 Å². The first-order valence-electron chi connectivity index (χ1n) is 8.96. The Morgan fingerprint density at radius 1 is 1.50 bits per heavy atom. The number of anilines is 3. The van der Waals surface area contributed by atoms with E-state index < -0.39 is 0 Å². The minimum atomic E-state index is -0.0538. The fourth-order valence-corrected chi connectivity index (χ4v) is 4.19. The van der Waals surface area contributed by atoms with Crippen LogP contribution in [0, 0.1) is 6.92 Å². The molecule has 1 aliphatic rings. The van der Waals surface area contributed by atoms with E-state index in [1.807, 2.05) is 13.0 Å². The zero-order chi connectivity index (χ0) is 19.7. The molecule has 4 rings (SSSR count). The van der Waals surface area contributed by atoms with Gasteiger partial charge in [-0.3, -0.25) is 4.79 Å². The van der Waals surface area contributed by atoms with Crippen LogP contribution in [0.15, 0.2) is 24.9 Å². The standard InChI is InChI=1S/C18H20ClN7OS/c1-3-14(27)26-6-4-5-11(9-26)21-17-15-12(19)8-20-16(15)23-18(24-17)22-13-7-10(2)25-28-13/h3,7-8,11H,1,4-6,9H2,2H3,(H3,20,21,22,23,24). The van der Waals surface area contributed by atoms with Crippen molar-refractivity contribution in [2.45, 2.75) is 25.8 Å².